The minimum Gasteiger partial charge on any atom is -0.250 e. The molecule has 0 amide bonds. The van der Waals surface area contributed by atoms with Crippen LogP contribution in [-0.2, 0) is 0 Å². The van der Waals surface area contributed by atoms with E-state index >= 15 is 0 Å². The maximum atomic E-state index is 7.95. The van der Waals surface area contributed by atoms with Crippen LogP contribution in [0, 0.1) is 13.1 Å². The summed E-state index contributed by atoms with van der Waals surface area (Å²) in [7, 11) is 0. The molecule has 2 heteroatoms. The van der Waals surface area contributed by atoms with Crippen LogP contribution in [-0.4, -0.2) is 0 Å². The number of rotatable bonds is 7. The van der Waals surface area contributed by atoms with Crippen LogP contribution in [0.15, 0.2) is 449 Å². The second kappa shape index (κ2) is 29.6. The summed E-state index contributed by atoms with van der Waals surface area (Å²) in [4.78, 5) is 7.61. The van der Waals surface area contributed by atoms with Crippen LogP contribution < -0.4 is 0 Å². The highest BCUT2D eigenvalue weighted by Gasteiger charge is 2.37. The van der Waals surface area contributed by atoms with Gasteiger partial charge in [-0.1, -0.05) is 425 Å². The minimum absolute atomic E-state index is 0.384. The Morgan fingerprint density at radius 3 is 0.800 bits per heavy atom. The van der Waals surface area contributed by atoms with Gasteiger partial charge in [-0.25, -0.2) is 0 Å². The normalized spacial score (nSPS) is 11.8. The summed E-state index contributed by atoms with van der Waals surface area (Å²) in [5.41, 5.74) is 33.5. The molecule has 0 unspecified atom stereocenters. The van der Waals surface area contributed by atoms with Gasteiger partial charge >= 0.3 is 0 Å². The third-order valence-electron chi connectivity index (χ3n) is 27.9. The fraction of sp³-hybridized carbons (Fsp3) is 0. The first-order valence-corrected chi connectivity index (χ1v) is 44.7. The Kier molecular flexibility index (Phi) is 16.9. The highest BCUT2D eigenvalue weighted by atomic mass is 14.8. The third-order valence-corrected chi connectivity index (χ3v) is 27.9. The smallest absolute Gasteiger partial charge is 0.195 e. The summed E-state index contributed by atoms with van der Waals surface area (Å²) < 4.78 is 0. The van der Waals surface area contributed by atoms with Crippen molar-refractivity contribution in [2.45, 2.75) is 0 Å². The summed E-state index contributed by atoms with van der Waals surface area (Å²) in [5, 5.41) is 30.4. The Morgan fingerprint density at radius 1 is 0.123 bits per heavy atom. The molecule has 0 aliphatic heterocycles. The van der Waals surface area contributed by atoms with Crippen LogP contribution in [0.3, 0.4) is 0 Å². The zero-order valence-corrected chi connectivity index (χ0v) is 70.6. The molecule has 0 atom stereocenters. The van der Waals surface area contributed by atoms with E-state index < -0.39 is 0 Å². The average molecular weight is 1640 g/mol. The van der Waals surface area contributed by atoms with Crippen LogP contribution in [0.1, 0.15) is 0 Å². The molecule has 3 aliphatic carbocycles. The summed E-state index contributed by atoms with van der Waals surface area (Å²) in [6.07, 6.45) is 0. The third kappa shape index (κ3) is 11.1. The van der Waals surface area contributed by atoms with Gasteiger partial charge in [-0.05, 0) is 298 Å². The van der Waals surface area contributed by atoms with Gasteiger partial charge in [0.15, 0.2) is 11.4 Å². The first kappa shape index (κ1) is 74.1. The minimum atomic E-state index is 0.384. The number of benzene rings is 25. The molecule has 0 aromatic heterocycles. The van der Waals surface area contributed by atoms with Gasteiger partial charge in [-0.2, -0.15) is 0 Å². The molecule has 0 bridgehead atoms. The molecule has 596 valence electrons. The molecule has 0 saturated heterocycles. The highest BCUT2D eigenvalue weighted by molar-refractivity contribution is 6.38. The van der Waals surface area contributed by atoms with Crippen molar-refractivity contribution in [3.05, 3.63) is 472 Å². The standard InChI is InChI=1S/C46H28.C42H22N2.C40H24/c1-4-15-29(16-5-1)38-27-40-36-25-14-26-37-44(36)41(28-39(40)33-22-11-10-21-32(33)38)46-43(31-19-8-3-9-20-31)35-24-13-12-23-34(35)42(45(37)46)30-17-6-2-7-18-30;1-43-35-23-32-33(24-36(35)44-2)39(27-15-7-4-8-16-27)42-34-22-28-21-20-25-12-9-10-17-29(25)37(28)30-18-11-19-31(40(30)34)41(42)38(32)26-13-5-3-6-14-26;1-3-13-26(14-4-1)36-31-18-9-10-19-32(31)37(27-15-5-2-6-16-27)40-35-24-34-28-17-8-7-12-25(28)22-23-29(34)30-20-11-21-33(38(30)35)39(36)40/h1-28H;3-24H;1-24H. The van der Waals surface area contributed by atoms with Crippen LogP contribution >= 0.6 is 0 Å². The Labute approximate surface area is 751 Å². The fourth-order valence-corrected chi connectivity index (χ4v) is 22.7. The van der Waals surface area contributed by atoms with Gasteiger partial charge in [0.05, 0.1) is 13.1 Å². The lowest BCUT2D eigenvalue weighted by molar-refractivity contribution is 1.62. The molecule has 2 nitrogen and oxygen atoms in total. The Bertz CT molecular complexity index is 9250. The molecule has 25 aromatic rings. The Balaban J connectivity index is 0.000000103. The zero-order valence-electron chi connectivity index (χ0n) is 70.6. The summed E-state index contributed by atoms with van der Waals surface area (Å²) in [6.45, 7) is 15.9. The first-order chi connectivity index (χ1) is 64.5. The van der Waals surface area contributed by atoms with Gasteiger partial charge in [-0.15, -0.1) is 0 Å². The summed E-state index contributed by atoms with van der Waals surface area (Å²) in [6, 6.07) is 163. The molecule has 0 N–H and O–H groups in total. The predicted molar refractivity (Wildman–Crippen MR) is 553 cm³/mol. The summed E-state index contributed by atoms with van der Waals surface area (Å²) >= 11 is 0. The number of nitrogens with zero attached hydrogens (tertiary/aromatic N) is 2. The van der Waals surface area contributed by atoms with E-state index in [1.54, 1.807) is 0 Å². The molecule has 25 aromatic carbocycles. The van der Waals surface area contributed by atoms with Gasteiger partial charge in [0, 0.05) is 0 Å². The van der Waals surface area contributed by atoms with E-state index in [9.17, 15) is 0 Å². The van der Waals surface area contributed by atoms with E-state index in [1.165, 1.54) is 241 Å². The van der Waals surface area contributed by atoms with E-state index in [2.05, 4.69) is 434 Å². The topological polar surface area (TPSA) is 8.72 Å². The van der Waals surface area contributed by atoms with Gasteiger partial charge in [0.1, 0.15) is 0 Å². The molecular weight excluding hydrogens is 1570 g/mol. The Morgan fingerprint density at radius 2 is 0.385 bits per heavy atom. The van der Waals surface area contributed by atoms with Crippen molar-refractivity contribution in [2.75, 3.05) is 0 Å². The Hall–Kier alpha value is -17.4. The largest absolute Gasteiger partial charge is 0.250 e. The van der Waals surface area contributed by atoms with Crippen molar-refractivity contribution < 1.29 is 0 Å². The SMILES string of the molecule is [C-]#[N+]c1cc2c(-c3ccccc3)c3c(c(-c4ccccc4)c2cc1[N+]#[C-])-c1cc2ccc4ccccc4c2c2cccc-3c12.c1ccc(-c2c3c(c(-c4ccccc4)c4ccccc24)-c2cc4c5ccccc5c(-c5ccccc5)cc4c4cccc-3c24)cc1.c1ccc(-c2c3c(c(-c4ccccc4)c4ccccc24)-c2cc4c5ccccc5ccc4c4cccc-3c24)cc1. The van der Waals surface area contributed by atoms with Crippen LogP contribution in [0.4, 0.5) is 11.4 Å². The predicted octanol–water partition coefficient (Wildman–Crippen LogP) is 36.6. The molecule has 0 spiro atoms. The molecule has 0 radical (unpaired) electrons. The van der Waals surface area contributed by atoms with Crippen molar-refractivity contribution in [3.8, 4) is 145 Å². The monoisotopic (exact) mass is 1640 g/mol. The van der Waals surface area contributed by atoms with Crippen molar-refractivity contribution >= 4 is 141 Å². The van der Waals surface area contributed by atoms with Crippen LogP contribution in [0.5, 0.6) is 0 Å². The second-order valence-electron chi connectivity index (χ2n) is 34.6. The first-order valence-electron chi connectivity index (χ1n) is 44.7. The zero-order chi connectivity index (χ0) is 85.8. The van der Waals surface area contributed by atoms with Crippen LogP contribution in [0.2, 0.25) is 0 Å². The highest BCUT2D eigenvalue weighted by Crippen LogP contribution is 2.64. The number of hydrogen-bond acceptors (Lipinski definition) is 0. The lowest BCUT2D eigenvalue weighted by Gasteiger charge is -2.21. The maximum absolute atomic E-state index is 7.95. The van der Waals surface area contributed by atoms with Crippen molar-refractivity contribution in [1.29, 1.82) is 0 Å². The molecule has 28 rings (SSSR count). The van der Waals surface area contributed by atoms with Gasteiger partial charge < -0.3 is 0 Å². The molecule has 130 heavy (non-hydrogen) atoms. The lowest BCUT2D eigenvalue weighted by atomic mass is 9.82. The van der Waals surface area contributed by atoms with Crippen molar-refractivity contribution in [3.63, 3.8) is 0 Å². The molecule has 3 aliphatic rings. The maximum Gasteiger partial charge on any atom is 0.195 e. The van der Waals surface area contributed by atoms with Crippen molar-refractivity contribution in [1.82, 2.24) is 0 Å². The van der Waals surface area contributed by atoms with E-state index in [4.69, 9.17) is 13.1 Å². The number of fused-ring (bicyclic) bond motifs is 24. The molecular formula is C128H74N2. The fourth-order valence-electron chi connectivity index (χ4n) is 22.7. The molecule has 0 heterocycles. The van der Waals surface area contributed by atoms with E-state index in [0.29, 0.717) is 11.4 Å². The van der Waals surface area contributed by atoms with Crippen LogP contribution in [0.25, 0.3) is 284 Å². The van der Waals surface area contributed by atoms with E-state index in [-0.39, 0.29) is 0 Å². The van der Waals surface area contributed by atoms with Crippen molar-refractivity contribution in [2.24, 2.45) is 0 Å². The van der Waals surface area contributed by atoms with Gasteiger partial charge in [-0.3, -0.25) is 9.69 Å². The average Bonchev–Trinajstić information content (AvgIpc) is 1.54. The van der Waals surface area contributed by atoms with Gasteiger partial charge in [0.2, 0.25) is 0 Å². The number of hydrogen-bond donors (Lipinski definition) is 0. The molecule has 0 saturated carbocycles. The summed E-state index contributed by atoms with van der Waals surface area (Å²) in [5.74, 6) is 0. The van der Waals surface area contributed by atoms with E-state index in [0.717, 1.165) is 33.0 Å². The van der Waals surface area contributed by atoms with Gasteiger partial charge in [0.25, 0.3) is 0 Å². The van der Waals surface area contributed by atoms with E-state index in [1.807, 2.05) is 24.3 Å². The molecule has 0 fully saturated rings. The lowest BCUT2D eigenvalue weighted by Crippen LogP contribution is -1.93. The second-order valence-corrected chi connectivity index (χ2v) is 34.6. The quantitative estimate of drug-likeness (QED) is 0.111.